The van der Waals surface area contributed by atoms with E-state index in [1.165, 1.54) is 31.3 Å². The van der Waals surface area contributed by atoms with E-state index in [1.807, 2.05) is 29.7 Å². The summed E-state index contributed by atoms with van der Waals surface area (Å²) in [6.07, 6.45) is 24.5. The van der Waals surface area contributed by atoms with Gasteiger partial charge >= 0.3 is 6.09 Å². The number of carbonyl (C=O) groups excluding carboxylic acids is 3. The van der Waals surface area contributed by atoms with Crippen LogP contribution in [0.1, 0.15) is 131 Å². The van der Waals surface area contributed by atoms with E-state index in [1.54, 1.807) is 12.3 Å². The van der Waals surface area contributed by atoms with Crippen LogP contribution in [-0.2, 0) is 14.3 Å². The number of ether oxygens (including phenoxy) is 1. The molecule has 298 valence electrons. The molecule has 3 atom stereocenters. The molecule has 1 heterocycles. The molecule has 53 heavy (non-hydrogen) atoms. The van der Waals surface area contributed by atoms with E-state index in [0.717, 1.165) is 95.4 Å². The molecular formula is C44H72N4O4S. The average Bonchev–Trinajstić information content (AvgIpc) is 4.00. The number of carbonyl (C=O) groups is 3. The van der Waals surface area contributed by atoms with Crippen LogP contribution in [-0.4, -0.2) is 83.8 Å². The van der Waals surface area contributed by atoms with Crippen LogP contribution in [0.2, 0.25) is 0 Å². The molecule has 9 heteroatoms. The summed E-state index contributed by atoms with van der Waals surface area (Å²) in [5.74, 6) is 2.66. The monoisotopic (exact) mass is 753 g/mol. The fourth-order valence-corrected chi connectivity index (χ4v) is 8.64. The van der Waals surface area contributed by atoms with Gasteiger partial charge in [-0.15, -0.1) is 6.58 Å². The van der Waals surface area contributed by atoms with Gasteiger partial charge in [-0.05, 0) is 107 Å². The van der Waals surface area contributed by atoms with E-state index in [2.05, 4.69) is 68.4 Å². The quantitative estimate of drug-likeness (QED) is 0.0389. The molecule has 0 aromatic carbocycles. The van der Waals surface area contributed by atoms with Crippen molar-refractivity contribution in [1.82, 2.24) is 15.1 Å². The number of rotatable bonds is 22. The van der Waals surface area contributed by atoms with Crippen molar-refractivity contribution in [2.75, 3.05) is 39.0 Å². The SMILES string of the molecule is C=CCC(SC)/C(C)=C/C(C)C(=O)CC(CCC1(C)CCC(OC(=O)NC/C(C=C)=C/N=C(C)N2CCN(C(=O)CCCCCC)CC2)CC1)C1CC1. The first-order chi connectivity index (χ1) is 25.4. The minimum atomic E-state index is -0.401. The third kappa shape index (κ3) is 15.8. The van der Waals surface area contributed by atoms with Crippen LogP contribution >= 0.6 is 11.8 Å². The Kier molecular flexibility index (Phi) is 19.5. The van der Waals surface area contributed by atoms with E-state index < -0.39 is 6.09 Å². The summed E-state index contributed by atoms with van der Waals surface area (Å²) >= 11 is 1.82. The van der Waals surface area contributed by atoms with Crippen LogP contribution in [0.4, 0.5) is 4.79 Å². The molecular weight excluding hydrogens is 681 g/mol. The zero-order valence-corrected chi connectivity index (χ0v) is 35.0. The summed E-state index contributed by atoms with van der Waals surface area (Å²) in [6, 6.07) is 0. The summed E-state index contributed by atoms with van der Waals surface area (Å²) in [7, 11) is 0. The van der Waals surface area contributed by atoms with Crippen molar-refractivity contribution < 1.29 is 19.1 Å². The maximum atomic E-state index is 13.3. The lowest BCUT2D eigenvalue weighted by Crippen LogP contribution is -2.50. The van der Waals surface area contributed by atoms with Crippen LogP contribution in [0.25, 0.3) is 0 Å². The Labute approximate surface area is 326 Å². The van der Waals surface area contributed by atoms with Crippen LogP contribution in [0.5, 0.6) is 0 Å². The summed E-state index contributed by atoms with van der Waals surface area (Å²) in [5, 5.41) is 3.29. The summed E-state index contributed by atoms with van der Waals surface area (Å²) < 4.78 is 5.85. The molecule has 3 rings (SSSR count). The third-order valence-electron chi connectivity index (χ3n) is 11.9. The highest BCUT2D eigenvalue weighted by molar-refractivity contribution is 7.99. The second-order valence-corrected chi connectivity index (χ2v) is 17.3. The number of Topliss-reactive ketones (excluding diaryl/α,β-unsaturated/α-hetero) is 1. The van der Waals surface area contributed by atoms with E-state index in [9.17, 15) is 14.4 Å². The van der Waals surface area contributed by atoms with Crippen molar-refractivity contribution in [3.8, 4) is 0 Å². The van der Waals surface area contributed by atoms with Gasteiger partial charge < -0.3 is 19.9 Å². The normalized spacial score (nSPS) is 23.2. The largest absolute Gasteiger partial charge is 0.446 e. The highest BCUT2D eigenvalue weighted by Gasteiger charge is 2.37. The van der Waals surface area contributed by atoms with Gasteiger partial charge in [-0.3, -0.25) is 9.59 Å². The molecule has 2 saturated carbocycles. The third-order valence-corrected chi connectivity index (χ3v) is 13.1. The van der Waals surface area contributed by atoms with Gasteiger partial charge in [-0.1, -0.05) is 70.4 Å². The number of aliphatic imine (C=N–C) groups is 1. The number of piperazine rings is 1. The molecule has 0 aromatic rings. The number of nitrogens with zero attached hydrogens (tertiary/aromatic N) is 3. The fourth-order valence-electron chi connectivity index (χ4n) is 7.86. The van der Waals surface area contributed by atoms with Gasteiger partial charge in [0.25, 0.3) is 0 Å². The lowest BCUT2D eigenvalue weighted by molar-refractivity contribution is -0.132. The molecule has 1 saturated heterocycles. The van der Waals surface area contributed by atoms with E-state index in [4.69, 9.17) is 4.74 Å². The fraction of sp³-hybridized carbons (Fsp3) is 0.727. The predicted molar refractivity (Wildman–Crippen MR) is 223 cm³/mol. The maximum absolute atomic E-state index is 13.3. The van der Waals surface area contributed by atoms with Gasteiger partial charge in [-0.25, -0.2) is 9.79 Å². The number of hydrogen-bond acceptors (Lipinski definition) is 6. The zero-order valence-electron chi connectivity index (χ0n) is 34.1. The van der Waals surface area contributed by atoms with Crippen molar-refractivity contribution >= 4 is 35.4 Å². The molecule has 1 N–H and O–H groups in total. The zero-order chi connectivity index (χ0) is 38.8. The molecule has 8 nitrogen and oxygen atoms in total. The molecule has 2 aliphatic carbocycles. The lowest BCUT2D eigenvalue weighted by Gasteiger charge is -2.38. The van der Waals surface area contributed by atoms with E-state index in [-0.39, 0.29) is 23.3 Å². The highest BCUT2D eigenvalue weighted by atomic mass is 32.2. The minimum absolute atomic E-state index is 0.0464. The van der Waals surface area contributed by atoms with E-state index >= 15 is 0 Å². The van der Waals surface area contributed by atoms with Crippen molar-refractivity contribution in [2.24, 2.45) is 28.2 Å². The first-order valence-electron chi connectivity index (χ1n) is 20.6. The number of allylic oxidation sites excluding steroid dienone is 2. The van der Waals surface area contributed by atoms with Crippen LogP contribution in [0, 0.1) is 23.2 Å². The number of amides is 2. The topological polar surface area (TPSA) is 91.3 Å². The molecule has 0 spiro atoms. The second-order valence-electron chi connectivity index (χ2n) is 16.3. The van der Waals surface area contributed by atoms with Gasteiger partial charge in [0.05, 0.1) is 0 Å². The standard InChI is InChI=1S/C44H72N4O4S/c1-9-12-13-14-16-42(50)48-27-25-47(26-28-48)35(6)45-31-36(11-3)32-46-43(51)52-39-20-23-44(7,24-21-39)22-19-38(37-17-18-37)30-40(49)33(4)29-34(5)41(53-8)15-10-2/h10-11,29,31,33,37-39,41H,2-3,9,12-28,30,32H2,1,4-8H3,(H,46,51)/b34-29+,36-31+,45-35?. The van der Waals surface area contributed by atoms with Crippen molar-refractivity contribution in [1.29, 1.82) is 0 Å². The average molecular weight is 753 g/mol. The summed E-state index contributed by atoms with van der Waals surface area (Å²) in [4.78, 5) is 47.5. The smallest absolute Gasteiger partial charge is 0.407 e. The molecule has 3 fully saturated rings. The minimum Gasteiger partial charge on any atom is -0.446 e. The van der Waals surface area contributed by atoms with Gasteiger partial charge in [0.15, 0.2) is 0 Å². The molecule has 0 aromatic heterocycles. The number of hydrogen-bond donors (Lipinski definition) is 1. The number of unbranched alkanes of at least 4 members (excludes halogenated alkanes) is 3. The first kappa shape index (κ1) is 44.6. The van der Waals surface area contributed by atoms with Gasteiger partial charge in [0.1, 0.15) is 17.7 Å². The maximum Gasteiger partial charge on any atom is 0.407 e. The van der Waals surface area contributed by atoms with Crippen molar-refractivity contribution in [3.63, 3.8) is 0 Å². The van der Waals surface area contributed by atoms with Crippen molar-refractivity contribution in [2.45, 2.75) is 142 Å². The number of nitrogens with one attached hydrogen (secondary N) is 1. The molecule has 1 aliphatic heterocycles. The Balaban J connectivity index is 1.38. The summed E-state index contributed by atoms with van der Waals surface area (Å²) in [6.45, 7) is 21.8. The Morgan fingerprint density at radius 1 is 1.02 bits per heavy atom. The Morgan fingerprint density at radius 2 is 1.70 bits per heavy atom. The Morgan fingerprint density at radius 3 is 2.30 bits per heavy atom. The van der Waals surface area contributed by atoms with Gasteiger partial charge in [0, 0.05) is 62.9 Å². The van der Waals surface area contributed by atoms with Crippen LogP contribution in [0.15, 0.2) is 53.7 Å². The number of thioether (sulfide) groups is 1. The molecule has 3 unspecified atom stereocenters. The Hall–Kier alpha value is -2.81. The van der Waals surface area contributed by atoms with Crippen molar-refractivity contribution in [3.05, 3.63) is 48.7 Å². The van der Waals surface area contributed by atoms with Gasteiger partial charge in [-0.2, -0.15) is 11.8 Å². The first-order valence-corrected chi connectivity index (χ1v) is 21.9. The highest BCUT2D eigenvalue weighted by Crippen LogP contribution is 2.46. The predicted octanol–water partition coefficient (Wildman–Crippen LogP) is 9.92. The number of amidine groups is 1. The van der Waals surface area contributed by atoms with Gasteiger partial charge in [0.2, 0.25) is 5.91 Å². The molecule has 0 bridgehead atoms. The molecule has 3 aliphatic rings. The van der Waals surface area contributed by atoms with E-state index in [0.29, 0.717) is 42.3 Å². The second kappa shape index (κ2) is 23.2. The molecule has 2 amide bonds. The number of ketones is 1. The van der Waals surface area contributed by atoms with Crippen LogP contribution in [0.3, 0.4) is 0 Å². The summed E-state index contributed by atoms with van der Waals surface area (Å²) in [5.41, 5.74) is 2.30. The molecule has 0 radical (unpaired) electrons. The lowest BCUT2D eigenvalue weighted by atomic mass is 9.70. The Bertz CT molecular complexity index is 1290. The number of alkyl carbamates (subject to hydrolysis) is 1. The van der Waals surface area contributed by atoms with Crippen LogP contribution < -0.4 is 5.32 Å².